The summed E-state index contributed by atoms with van der Waals surface area (Å²) in [5.41, 5.74) is 12.7. The fraction of sp³-hybridized carbons (Fsp3) is 0.643. The number of aryl methyl sites for hydroxylation is 1. The lowest BCUT2D eigenvalue weighted by Crippen LogP contribution is -2.29. The molecule has 0 atom stereocenters. The van der Waals surface area contributed by atoms with E-state index in [-0.39, 0.29) is 5.54 Å². The predicted molar refractivity (Wildman–Crippen MR) is 82.0 cm³/mol. The molecule has 0 aliphatic carbocycles. The SMILES string of the molecule is CC(C)(N)c1cc(CCCC(=O)ON)c(C(C)(C)N)s1. The molecule has 0 aromatic carbocycles. The Kier molecular flexibility index (Phi) is 5.32. The fourth-order valence-electron chi connectivity index (χ4n) is 1.96. The minimum absolute atomic E-state index is 0.304. The van der Waals surface area contributed by atoms with Crippen LogP contribution in [0.5, 0.6) is 0 Å². The third-order valence-electron chi connectivity index (χ3n) is 2.99. The monoisotopic (exact) mass is 299 g/mol. The normalized spacial score (nSPS) is 12.6. The summed E-state index contributed by atoms with van der Waals surface area (Å²) in [6.07, 6.45) is 1.75. The number of hydrogen-bond acceptors (Lipinski definition) is 6. The maximum absolute atomic E-state index is 11.1. The zero-order chi connectivity index (χ0) is 15.6. The van der Waals surface area contributed by atoms with Crippen molar-refractivity contribution in [2.24, 2.45) is 17.4 Å². The number of rotatable bonds is 6. The second-order valence-electron chi connectivity index (χ2n) is 6.25. The maximum atomic E-state index is 11.1. The average molecular weight is 299 g/mol. The lowest BCUT2D eigenvalue weighted by atomic mass is 9.96. The first-order chi connectivity index (χ1) is 9.05. The van der Waals surface area contributed by atoms with Crippen molar-refractivity contribution in [3.8, 4) is 0 Å². The molecule has 0 saturated heterocycles. The number of nitrogens with two attached hydrogens (primary N) is 3. The van der Waals surface area contributed by atoms with Crippen LogP contribution in [0.1, 0.15) is 55.9 Å². The van der Waals surface area contributed by atoms with Gasteiger partial charge in [0.15, 0.2) is 0 Å². The van der Waals surface area contributed by atoms with E-state index < -0.39 is 11.5 Å². The smallest absolute Gasteiger partial charge is 0.324 e. The Morgan fingerprint density at radius 1 is 1.25 bits per heavy atom. The lowest BCUT2D eigenvalue weighted by Gasteiger charge is -2.19. The van der Waals surface area contributed by atoms with Crippen molar-refractivity contribution in [2.45, 2.75) is 58.0 Å². The Morgan fingerprint density at radius 2 is 1.85 bits per heavy atom. The highest BCUT2D eigenvalue weighted by Crippen LogP contribution is 2.35. The van der Waals surface area contributed by atoms with Gasteiger partial charge in [-0.2, -0.15) is 5.90 Å². The molecular weight excluding hydrogens is 274 g/mol. The molecule has 6 N–H and O–H groups in total. The van der Waals surface area contributed by atoms with E-state index in [0.29, 0.717) is 12.8 Å². The molecule has 1 heterocycles. The molecule has 1 aromatic heterocycles. The average Bonchev–Trinajstić information content (AvgIpc) is 2.72. The summed E-state index contributed by atoms with van der Waals surface area (Å²) in [5, 5.41) is 0. The highest BCUT2D eigenvalue weighted by Gasteiger charge is 2.26. The van der Waals surface area contributed by atoms with Gasteiger partial charge in [-0.15, -0.1) is 11.3 Å². The van der Waals surface area contributed by atoms with Crippen molar-refractivity contribution < 1.29 is 9.63 Å². The third-order valence-corrected chi connectivity index (χ3v) is 4.84. The summed E-state index contributed by atoms with van der Waals surface area (Å²) >= 11 is 1.65. The van der Waals surface area contributed by atoms with Crippen LogP contribution < -0.4 is 17.4 Å². The predicted octanol–water partition coefficient (Wildman–Crippen LogP) is 1.88. The minimum atomic E-state index is -0.419. The molecule has 0 aliphatic rings. The van der Waals surface area contributed by atoms with Crippen molar-refractivity contribution >= 4 is 17.3 Å². The molecule has 0 saturated carbocycles. The van der Waals surface area contributed by atoms with Crippen molar-refractivity contribution in [3.05, 3.63) is 21.4 Å². The first-order valence-electron chi connectivity index (χ1n) is 6.66. The molecule has 114 valence electrons. The first-order valence-corrected chi connectivity index (χ1v) is 7.48. The van der Waals surface area contributed by atoms with Gasteiger partial charge in [-0.3, -0.25) is 4.79 Å². The summed E-state index contributed by atoms with van der Waals surface area (Å²) in [6, 6.07) is 2.10. The van der Waals surface area contributed by atoms with Gasteiger partial charge in [-0.1, -0.05) is 0 Å². The second kappa shape index (κ2) is 6.22. The molecule has 0 unspecified atom stereocenters. The van der Waals surface area contributed by atoms with Crippen molar-refractivity contribution in [1.82, 2.24) is 0 Å². The molecule has 0 bridgehead atoms. The van der Waals surface area contributed by atoms with E-state index in [1.165, 1.54) is 0 Å². The summed E-state index contributed by atoms with van der Waals surface area (Å²) in [4.78, 5) is 17.4. The van der Waals surface area contributed by atoms with E-state index in [4.69, 9.17) is 17.4 Å². The Bertz CT molecular complexity index is 470. The van der Waals surface area contributed by atoms with Gasteiger partial charge in [-0.25, -0.2) is 0 Å². The van der Waals surface area contributed by atoms with Crippen molar-refractivity contribution in [1.29, 1.82) is 0 Å². The zero-order valence-electron chi connectivity index (χ0n) is 12.7. The maximum Gasteiger partial charge on any atom is 0.324 e. The van der Waals surface area contributed by atoms with Crippen LogP contribution >= 0.6 is 11.3 Å². The lowest BCUT2D eigenvalue weighted by molar-refractivity contribution is -0.144. The Hall–Kier alpha value is -0.950. The number of hydrogen-bond donors (Lipinski definition) is 3. The van der Waals surface area contributed by atoms with Gasteiger partial charge in [0, 0.05) is 27.3 Å². The number of carbonyl (C=O) groups is 1. The molecule has 1 rings (SSSR count). The zero-order valence-corrected chi connectivity index (χ0v) is 13.5. The van der Waals surface area contributed by atoms with Crippen LogP contribution in [-0.4, -0.2) is 5.97 Å². The van der Waals surface area contributed by atoms with Gasteiger partial charge in [0.05, 0.1) is 0 Å². The van der Waals surface area contributed by atoms with Crippen molar-refractivity contribution in [2.75, 3.05) is 0 Å². The van der Waals surface area contributed by atoms with Crippen LogP contribution in [0.3, 0.4) is 0 Å². The first kappa shape index (κ1) is 17.1. The molecule has 0 radical (unpaired) electrons. The van der Waals surface area contributed by atoms with Gasteiger partial charge in [0.1, 0.15) is 0 Å². The van der Waals surface area contributed by atoms with Gasteiger partial charge in [-0.05, 0) is 52.2 Å². The highest BCUT2D eigenvalue weighted by molar-refractivity contribution is 7.12. The second-order valence-corrected chi connectivity index (χ2v) is 7.30. The van der Waals surface area contributed by atoms with Crippen molar-refractivity contribution in [3.63, 3.8) is 0 Å². The standard InChI is InChI=1S/C14H25N3O2S/c1-13(2,15)10-8-9(6-5-7-11(18)19-17)12(20-10)14(3,4)16/h8H,5-7,15-17H2,1-4H3. The van der Waals surface area contributed by atoms with Gasteiger partial charge >= 0.3 is 5.97 Å². The van der Waals surface area contributed by atoms with Crippen LogP contribution in [0.15, 0.2) is 6.07 Å². The number of carbonyl (C=O) groups excluding carboxylic acids is 1. The highest BCUT2D eigenvalue weighted by atomic mass is 32.1. The van der Waals surface area contributed by atoms with Gasteiger partial charge in [0.2, 0.25) is 0 Å². The van der Waals surface area contributed by atoms with E-state index in [1.807, 2.05) is 27.7 Å². The molecule has 0 spiro atoms. The molecule has 5 nitrogen and oxygen atoms in total. The van der Waals surface area contributed by atoms with Gasteiger partial charge < -0.3 is 16.3 Å². The Labute approximate surface area is 124 Å². The molecule has 20 heavy (non-hydrogen) atoms. The quantitative estimate of drug-likeness (QED) is 0.696. The van der Waals surface area contributed by atoms with E-state index in [1.54, 1.807) is 11.3 Å². The molecule has 0 amide bonds. The molecule has 1 aromatic rings. The fourth-order valence-corrected chi connectivity index (χ4v) is 3.20. The van der Waals surface area contributed by atoms with E-state index in [0.717, 1.165) is 21.7 Å². The van der Waals surface area contributed by atoms with E-state index in [9.17, 15) is 4.79 Å². The summed E-state index contributed by atoms with van der Waals surface area (Å²) in [6.45, 7) is 7.90. The largest absolute Gasteiger partial charge is 0.373 e. The molecule has 0 fully saturated rings. The van der Waals surface area contributed by atoms with Crippen LogP contribution in [0.25, 0.3) is 0 Å². The minimum Gasteiger partial charge on any atom is -0.373 e. The van der Waals surface area contributed by atoms with E-state index >= 15 is 0 Å². The van der Waals surface area contributed by atoms with Crippen LogP contribution in [0, 0.1) is 0 Å². The molecule has 0 aliphatic heterocycles. The third kappa shape index (κ3) is 4.56. The Morgan fingerprint density at radius 3 is 2.30 bits per heavy atom. The van der Waals surface area contributed by atoms with Crippen LogP contribution in [0.2, 0.25) is 0 Å². The molecule has 6 heteroatoms. The summed E-state index contributed by atoms with van der Waals surface area (Å²) in [7, 11) is 0. The Balaban J connectivity index is 2.93. The number of thiophene rings is 1. The van der Waals surface area contributed by atoms with Crippen LogP contribution in [-0.2, 0) is 27.1 Å². The molecular formula is C14H25N3O2S. The van der Waals surface area contributed by atoms with E-state index in [2.05, 4.69) is 10.9 Å². The van der Waals surface area contributed by atoms with Gasteiger partial charge in [0.25, 0.3) is 0 Å². The van der Waals surface area contributed by atoms with Crippen LogP contribution in [0.4, 0.5) is 0 Å². The summed E-state index contributed by atoms with van der Waals surface area (Å²) < 4.78 is 0. The summed E-state index contributed by atoms with van der Waals surface area (Å²) in [5.74, 6) is 4.43. The topological polar surface area (TPSA) is 104 Å².